The van der Waals surface area contributed by atoms with Crippen molar-refractivity contribution in [1.82, 2.24) is 0 Å². The summed E-state index contributed by atoms with van der Waals surface area (Å²) in [6.45, 7) is 3.98. The minimum Gasteiger partial charge on any atom is -0.493 e. The molecule has 4 heteroatoms. The molecule has 0 bridgehead atoms. The maximum absolute atomic E-state index is 8.74. The second kappa shape index (κ2) is 10.1. The topological polar surface area (TPSA) is 42.2 Å². The highest BCUT2D eigenvalue weighted by Crippen LogP contribution is 2.43. The van der Waals surface area contributed by atoms with Crippen molar-refractivity contribution in [2.45, 2.75) is 57.8 Å². The van der Waals surface area contributed by atoms with Crippen LogP contribution in [0.3, 0.4) is 0 Å². The molecule has 2 aliphatic heterocycles. The predicted octanol–water partition coefficient (Wildman–Crippen LogP) is 6.59. The first-order chi connectivity index (χ1) is 15.3. The third-order valence-electron chi connectivity index (χ3n) is 6.87. The van der Waals surface area contributed by atoms with Gasteiger partial charge < -0.3 is 9.47 Å². The molecule has 2 aromatic carbocycles. The van der Waals surface area contributed by atoms with Crippen LogP contribution in [0.5, 0.6) is 11.5 Å². The van der Waals surface area contributed by atoms with Gasteiger partial charge in [-0.25, -0.2) is 0 Å². The van der Waals surface area contributed by atoms with Crippen LogP contribution in [0.25, 0.3) is 5.57 Å². The fraction of sp³-hybridized carbons (Fsp3) is 0.444. The van der Waals surface area contributed by atoms with E-state index in [-0.39, 0.29) is 0 Å². The highest BCUT2D eigenvalue weighted by Gasteiger charge is 2.28. The molecule has 3 nitrogen and oxygen atoms in total. The van der Waals surface area contributed by atoms with Gasteiger partial charge in [0.05, 0.1) is 19.3 Å². The Balaban J connectivity index is 0.000000139. The van der Waals surface area contributed by atoms with Gasteiger partial charge >= 0.3 is 0 Å². The number of nitriles is 1. The van der Waals surface area contributed by atoms with Crippen molar-refractivity contribution in [3.8, 4) is 17.6 Å². The van der Waals surface area contributed by atoms with E-state index in [1.807, 2.05) is 4.93 Å². The molecule has 0 radical (unpaired) electrons. The van der Waals surface area contributed by atoms with E-state index in [1.165, 1.54) is 47.1 Å². The third-order valence-corrected chi connectivity index (χ3v) is 6.87. The van der Waals surface area contributed by atoms with Gasteiger partial charge in [0.2, 0.25) is 0 Å². The van der Waals surface area contributed by atoms with Crippen molar-refractivity contribution < 1.29 is 9.47 Å². The van der Waals surface area contributed by atoms with Crippen molar-refractivity contribution in [2.24, 2.45) is 0 Å². The third kappa shape index (κ3) is 4.22. The van der Waals surface area contributed by atoms with E-state index in [1.54, 1.807) is 17.2 Å². The normalized spacial score (nSPS) is 20.1. The lowest BCUT2D eigenvalue weighted by molar-refractivity contribution is 0.356. The lowest BCUT2D eigenvalue weighted by Crippen LogP contribution is -1.96. The molecule has 0 spiro atoms. The average Bonchev–Trinajstić information content (AvgIpc) is 3.59. The summed E-state index contributed by atoms with van der Waals surface area (Å²) in [6, 6.07) is 10.8. The molecule has 31 heavy (non-hydrogen) atoms. The standard InChI is InChI=1S/C13H11NO.C13H16O.CH3I/c14-7-5-10-2-1-9-3-4-12-11(13(9)10)6-8-15-12;1-2-9-3-4-10-5-6-12-11(13(9)10)7-8-14-12;1-2/h3-5H,1-2,6,8H2;5-6,9H,2-4,7-8H2,1H3;1H3/b10-5+;;/t;9-;/m.1./s1. The van der Waals surface area contributed by atoms with E-state index in [2.05, 4.69) is 59.8 Å². The molecule has 0 N–H and O–H groups in total. The number of nitrogens with zero attached hydrogens (tertiary/aromatic N) is 1. The second-order valence-electron chi connectivity index (χ2n) is 8.33. The highest BCUT2D eigenvalue weighted by molar-refractivity contribution is 14.1. The fourth-order valence-corrected chi connectivity index (χ4v) is 5.51. The number of hydrogen-bond acceptors (Lipinski definition) is 3. The van der Waals surface area contributed by atoms with E-state index in [0.29, 0.717) is 0 Å². The number of aryl methyl sites for hydroxylation is 2. The molecule has 0 amide bonds. The van der Waals surface area contributed by atoms with Crippen LogP contribution in [-0.4, -0.2) is 18.1 Å². The molecule has 0 saturated heterocycles. The van der Waals surface area contributed by atoms with E-state index < -0.39 is 0 Å². The van der Waals surface area contributed by atoms with Gasteiger partial charge in [0.15, 0.2) is 0 Å². The van der Waals surface area contributed by atoms with Crippen molar-refractivity contribution in [2.75, 3.05) is 18.1 Å². The van der Waals surface area contributed by atoms with Crippen LogP contribution in [0, 0.1) is 11.3 Å². The van der Waals surface area contributed by atoms with E-state index in [4.69, 9.17) is 14.7 Å². The Morgan fingerprint density at radius 1 is 0.935 bits per heavy atom. The number of alkyl halides is 1. The summed E-state index contributed by atoms with van der Waals surface area (Å²) in [7, 11) is 0. The summed E-state index contributed by atoms with van der Waals surface area (Å²) in [4.78, 5) is 1.97. The molecular weight excluding hydrogens is 497 g/mol. The molecule has 2 heterocycles. The number of hydrogen-bond donors (Lipinski definition) is 0. The van der Waals surface area contributed by atoms with E-state index >= 15 is 0 Å². The van der Waals surface area contributed by atoms with Gasteiger partial charge in [-0.3, -0.25) is 0 Å². The first-order valence-electron chi connectivity index (χ1n) is 11.3. The van der Waals surface area contributed by atoms with Crippen molar-refractivity contribution >= 4 is 28.2 Å². The Labute approximate surface area is 199 Å². The average molecular weight is 527 g/mol. The summed E-state index contributed by atoms with van der Waals surface area (Å²) >= 11 is 2.15. The van der Waals surface area contributed by atoms with Crippen LogP contribution < -0.4 is 9.47 Å². The summed E-state index contributed by atoms with van der Waals surface area (Å²) in [5, 5.41) is 8.74. The number of allylic oxidation sites excluding steroid dienone is 2. The molecule has 2 aliphatic carbocycles. The summed E-state index contributed by atoms with van der Waals surface area (Å²) < 4.78 is 11.2. The number of halogens is 1. The number of ether oxygens (including phenoxy) is 2. The molecule has 4 aliphatic rings. The van der Waals surface area contributed by atoms with E-state index in [9.17, 15) is 0 Å². The van der Waals surface area contributed by atoms with E-state index in [0.717, 1.165) is 56.3 Å². The Morgan fingerprint density at radius 3 is 2.32 bits per heavy atom. The minimum atomic E-state index is 0.783. The summed E-state index contributed by atoms with van der Waals surface area (Å²) in [6.07, 6.45) is 9.78. The SMILES string of the molecule is CC[C@@H]1CCc2ccc3c(c21)CCO3.CI.N#C/C=C1\CCc2ccc3c(c21)CCO3. The predicted molar refractivity (Wildman–Crippen MR) is 134 cm³/mol. The largest absolute Gasteiger partial charge is 0.493 e. The Hall–Kier alpha value is -2.00. The zero-order chi connectivity index (χ0) is 21.8. The van der Waals surface area contributed by atoms with Crippen LogP contribution in [0.15, 0.2) is 30.3 Å². The monoisotopic (exact) mass is 527 g/mol. The molecular formula is C27H30INO2. The zero-order valence-electron chi connectivity index (χ0n) is 18.5. The molecule has 162 valence electrons. The molecule has 1 atom stereocenters. The van der Waals surface area contributed by atoms with Gasteiger partial charge in [0.1, 0.15) is 11.5 Å². The van der Waals surface area contributed by atoms with Gasteiger partial charge in [0, 0.05) is 30.0 Å². The molecule has 2 aromatic rings. The summed E-state index contributed by atoms with van der Waals surface area (Å²) in [5.41, 5.74) is 9.92. The highest BCUT2D eigenvalue weighted by atomic mass is 127. The second-order valence-corrected chi connectivity index (χ2v) is 8.33. The lowest BCUT2D eigenvalue weighted by atomic mass is 9.92. The van der Waals surface area contributed by atoms with Gasteiger partial charge in [-0.1, -0.05) is 41.6 Å². The Bertz CT molecular complexity index is 1030. The van der Waals surface area contributed by atoms with Crippen LogP contribution in [0.4, 0.5) is 0 Å². The van der Waals surface area contributed by atoms with Gasteiger partial charge in [-0.05, 0) is 82.9 Å². The maximum Gasteiger partial charge on any atom is 0.123 e. The lowest BCUT2D eigenvalue weighted by Gasteiger charge is -2.12. The fourth-order valence-electron chi connectivity index (χ4n) is 5.51. The molecule has 0 unspecified atom stereocenters. The van der Waals surface area contributed by atoms with Crippen LogP contribution in [0.1, 0.15) is 65.5 Å². The number of fused-ring (bicyclic) bond motifs is 6. The molecule has 6 rings (SSSR count). The van der Waals surface area contributed by atoms with Crippen molar-refractivity contribution in [1.29, 1.82) is 5.26 Å². The van der Waals surface area contributed by atoms with Crippen molar-refractivity contribution in [3.05, 3.63) is 63.7 Å². The Morgan fingerprint density at radius 2 is 1.61 bits per heavy atom. The van der Waals surface area contributed by atoms with Crippen molar-refractivity contribution in [3.63, 3.8) is 0 Å². The first-order valence-corrected chi connectivity index (χ1v) is 13.5. The maximum atomic E-state index is 8.74. The summed E-state index contributed by atoms with van der Waals surface area (Å²) in [5.74, 6) is 2.98. The van der Waals surface area contributed by atoms with Gasteiger partial charge in [-0.15, -0.1) is 0 Å². The zero-order valence-corrected chi connectivity index (χ0v) is 20.6. The quantitative estimate of drug-likeness (QED) is 0.239. The van der Waals surface area contributed by atoms with Crippen LogP contribution >= 0.6 is 22.6 Å². The molecule has 0 aromatic heterocycles. The minimum absolute atomic E-state index is 0.783. The first kappa shape index (κ1) is 22.2. The molecule has 0 saturated carbocycles. The smallest absolute Gasteiger partial charge is 0.123 e. The number of benzene rings is 2. The number of rotatable bonds is 1. The van der Waals surface area contributed by atoms with Crippen LogP contribution in [-0.2, 0) is 25.7 Å². The Kier molecular flexibility index (Phi) is 7.22. The van der Waals surface area contributed by atoms with Gasteiger partial charge in [0.25, 0.3) is 0 Å². The van der Waals surface area contributed by atoms with Gasteiger partial charge in [-0.2, -0.15) is 5.26 Å². The van der Waals surface area contributed by atoms with Crippen LogP contribution in [0.2, 0.25) is 0 Å². The molecule has 0 fully saturated rings.